The summed E-state index contributed by atoms with van der Waals surface area (Å²) in [6, 6.07) is 15.9. The average molecular weight is 448 g/mol. The van der Waals surface area contributed by atoms with Crippen LogP contribution in [0.1, 0.15) is 56.7 Å². The lowest BCUT2D eigenvalue weighted by Gasteiger charge is -2.24. The Kier molecular flexibility index (Phi) is 5.92. The molecule has 0 N–H and O–H groups in total. The Morgan fingerprint density at radius 1 is 1.12 bits per heavy atom. The maximum absolute atomic E-state index is 13.9. The lowest BCUT2D eigenvalue weighted by atomic mass is 10.0. The van der Waals surface area contributed by atoms with Gasteiger partial charge in [0.25, 0.3) is 0 Å². The van der Waals surface area contributed by atoms with E-state index >= 15 is 0 Å². The molecule has 0 aliphatic heterocycles. The first-order chi connectivity index (χ1) is 16.0. The molecule has 0 unspecified atom stereocenters. The molecule has 5 nitrogen and oxygen atoms in total. The Hall–Kier alpha value is -3.15. The predicted molar refractivity (Wildman–Crippen MR) is 125 cm³/mol. The van der Waals surface area contributed by atoms with E-state index in [1.54, 1.807) is 16.8 Å². The number of hydrogen-bond acceptors (Lipinski definition) is 3. The smallest absolute Gasteiger partial charge is 0.227 e. The number of carbonyl (C=O) groups excluding carboxylic acids is 1. The van der Waals surface area contributed by atoms with E-state index in [1.165, 1.54) is 25.0 Å². The van der Waals surface area contributed by atoms with Crippen molar-refractivity contribution in [3.63, 3.8) is 0 Å². The normalized spacial score (nSPS) is 15.6. The van der Waals surface area contributed by atoms with Crippen LogP contribution in [0, 0.1) is 17.7 Å². The average Bonchev–Trinajstić information content (AvgIpc) is 3.72. The van der Waals surface area contributed by atoms with Gasteiger partial charge in [-0.05, 0) is 61.8 Å². The molecule has 2 saturated carbocycles. The molecule has 33 heavy (non-hydrogen) atoms. The third kappa shape index (κ3) is 4.95. The minimum atomic E-state index is -0.358. The SMILES string of the molecule is CC(C)c1nn(-c2ccccc2)c(Oc2cccc(F)c2)c1CN(CC1CC1)C(=O)C1CC1. The molecule has 2 aromatic carbocycles. The Balaban J connectivity index is 1.59. The Bertz CT molecular complexity index is 1130. The van der Waals surface area contributed by atoms with Gasteiger partial charge < -0.3 is 9.64 Å². The molecule has 0 bridgehead atoms. The quantitative estimate of drug-likeness (QED) is 0.400. The van der Waals surface area contributed by atoms with E-state index in [9.17, 15) is 9.18 Å². The van der Waals surface area contributed by atoms with Crippen molar-refractivity contribution in [1.82, 2.24) is 14.7 Å². The van der Waals surface area contributed by atoms with E-state index < -0.39 is 0 Å². The Morgan fingerprint density at radius 2 is 1.88 bits per heavy atom. The van der Waals surface area contributed by atoms with Crippen LogP contribution in [0.2, 0.25) is 0 Å². The summed E-state index contributed by atoms with van der Waals surface area (Å²) in [7, 11) is 0. The van der Waals surface area contributed by atoms with E-state index in [1.807, 2.05) is 35.2 Å². The first kappa shape index (κ1) is 21.7. The molecule has 0 atom stereocenters. The predicted octanol–water partition coefficient (Wildman–Crippen LogP) is 6.08. The van der Waals surface area contributed by atoms with Crippen LogP contribution in [0.4, 0.5) is 4.39 Å². The molecule has 1 aromatic heterocycles. The number of hydrogen-bond donors (Lipinski definition) is 0. The summed E-state index contributed by atoms with van der Waals surface area (Å²) in [4.78, 5) is 15.2. The van der Waals surface area contributed by atoms with Crippen LogP contribution in [0.15, 0.2) is 54.6 Å². The van der Waals surface area contributed by atoms with Crippen LogP contribution >= 0.6 is 0 Å². The fourth-order valence-electron chi connectivity index (χ4n) is 4.18. The van der Waals surface area contributed by atoms with Crippen LogP contribution < -0.4 is 4.74 Å². The van der Waals surface area contributed by atoms with E-state index in [2.05, 4.69) is 13.8 Å². The number of benzene rings is 2. The van der Waals surface area contributed by atoms with Crippen molar-refractivity contribution >= 4 is 5.91 Å². The van der Waals surface area contributed by atoms with Crippen LogP contribution in [-0.4, -0.2) is 27.1 Å². The van der Waals surface area contributed by atoms with Crippen molar-refractivity contribution in [3.05, 3.63) is 71.7 Å². The van der Waals surface area contributed by atoms with Crippen molar-refractivity contribution < 1.29 is 13.9 Å². The molecular formula is C27H30FN3O2. The molecular weight excluding hydrogens is 417 g/mol. The summed E-state index contributed by atoms with van der Waals surface area (Å²) in [5, 5.41) is 4.93. The maximum Gasteiger partial charge on any atom is 0.227 e. The van der Waals surface area contributed by atoms with Gasteiger partial charge in [0, 0.05) is 18.5 Å². The minimum absolute atomic E-state index is 0.138. The standard InChI is InChI=1S/C27H30FN3O2/c1-18(2)25-24(17-30(16-19-11-12-19)26(32)20-13-14-20)27(33-23-10-6-7-21(28)15-23)31(29-25)22-8-4-3-5-9-22/h3-10,15,18-20H,11-14,16-17H2,1-2H3. The number of para-hydroxylation sites is 1. The van der Waals surface area contributed by atoms with Crippen molar-refractivity contribution in [2.24, 2.45) is 11.8 Å². The molecule has 1 heterocycles. The van der Waals surface area contributed by atoms with E-state index in [4.69, 9.17) is 9.84 Å². The molecule has 6 heteroatoms. The minimum Gasteiger partial charge on any atom is -0.438 e. The highest BCUT2D eigenvalue weighted by Gasteiger charge is 2.37. The van der Waals surface area contributed by atoms with Crippen molar-refractivity contribution in [2.45, 2.75) is 52.0 Å². The second kappa shape index (κ2) is 9.00. The Labute approximate surface area is 194 Å². The number of ether oxygens (including phenoxy) is 1. The van der Waals surface area contributed by atoms with Gasteiger partial charge in [-0.3, -0.25) is 4.79 Å². The summed E-state index contributed by atoms with van der Waals surface area (Å²) in [6.07, 6.45) is 4.32. The summed E-state index contributed by atoms with van der Waals surface area (Å²) in [5.74, 6) is 1.71. The van der Waals surface area contributed by atoms with Gasteiger partial charge in [0.1, 0.15) is 11.6 Å². The number of halogens is 1. The molecule has 3 aromatic rings. The van der Waals surface area contributed by atoms with Crippen LogP contribution in [0.25, 0.3) is 5.69 Å². The largest absolute Gasteiger partial charge is 0.438 e. The van der Waals surface area contributed by atoms with Gasteiger partial charge in [-0.2, -0.15) is 5.10 Å². The molecule has 5 rings (SSSR count). The highest BCUT2D eigenvalue weighted by atomic mass is 19.1. The highest BCUT2D eigenvalue weighted by molar-refractivity contribution is 5.81. The molecule has 2 fully saturated rings. The Morgan fingerprint density at radius 3 is 2.52 bits per heavy atom. The topological polar surface area (TPSA) is 47.4 Å². The maximum atomic E-state index is 13.9. The zero-order valence-electron chi connectivity index (χ0n) is 19.2. The molecule has 2 aliphatic rings. The second-order valence-corrected chi connectivity index (χ2v) is 9.57. The summed E-state index contributed by atoms with van der Waals surface area (Å²) in [6.45, 7) is 5.43. The van der Waals surface area contributed by atoms with Crippen LogP contribution in [0.5, 0.6) is 11.6 Å². The number of aromatic nitrogens is 2. The van der Waals surface area contributed by atoms with Crippen LogP contribution in [-0.2, 0) is 11.3 Å². The van der Waals surface area contributed by atoms with E-state index in [0.717, 1.165) is 36.3 Å². The van der Waals surface area contributed by atoms with Gasteiger partial charge in [0.05, 0.1) is 23.5 Å². The van der Waals surface area contributed by atoms with Gasteiger partial charge in [-0.15, -0.1) is 0 Å². The third-order valence-corrected chi connectivity index (χ3v) is 6.29. The summed E-state index contributed by atoms with van der Waals surface area (Å²) >= 11 is 0. The zero-order valence-corrected chi connectivity index (χ0v) is 19.2. The van der Waals surface area contributed by atoms with Crippen molar-refractivity contribution in [1.29, 1.82) is 0 Å². The zero-order chi connectivity index (χ0) is 22.9. The van der Waals surface area contributed by atoms with Crippen LogP contribution in [0.3, 0.4) is 0 Å². The number of rotatable bonds is 9. The van der Waals surface area contributed by atoms with Gasteiger partial charge in [-0.1, -0.05) is 38.1 Å². The first-order valence-corrected chi connectivity index (χ1v) is 11.9. The lowest BCUT2D eigenvalue weighted by Crippen LogP contribution is -2.34. The summed E-state index contributed by atoms with van der Waals surface area (Å²) in [5.41, 5.74) is 2.65. The lowest BCUT2D eigenvalue weighted by molar-refractivity contribution is -0.133. The molecule has 172 valence electrons. The molecule has 0 saturated heterocycles. The van der Waals surface area contributed by atoms with Crippen molar-refractivity contribution in [2.75, 3.05) is 6.54 Å². The van der Waals surface area contributed by atoms with Gasteiger partial charge in [0.2, 0.25) is 11.8 Å². The summed E-state index contributed by atoms with van der Waals surface area (Å²) < 4.78 is 22.0. The molecule has 0 radical (unpaired) electrons. The number of amides is 1. The third-order valence-electron chi connectivity index (χ3n) is 6.29. The fraction of sp³-hybridized carbons (Fsp3) is 0.407. The fourth-order valence-corrected chi connectivity index (χ4v) is 4.18. The molecule has 0 spiro atoms. The van der Waals surface area contributed by atoms with E-state index in [0.29, 0.717) is 24.1 Å². The second-order valence-electron chi connectivity index (χ2n) is 9.57. The van der Waals surface area contributed by atoms with Gasteiger partial charge >= 0.3 is 0 Å². The molecule has 2 aliphatic carbocycles. The monoisotopic (exact) mass is 447 g/mol. The highest BCUT2D eigenvalue weighted by Crippen LogP contribution is 2.39. The van der Waals surface area contributed by atoms with Gasteiger partial charge in [0.15, 0.2) is 0 Å². The van der Waals surface area contributed by atoms with Gasteiger partial charge in [-0.25, -0.2) is 9.07 Å². The van der Waals surface area contributed by atoms with Crippen molar-refractivity contribution in [3.8, 4) is 17.3 Å². The van der Waals surface area contributed by atoms with E-state index in [-0.39, 0.29) is 23.6 Å². The number of nitrogens with zero attached hydrogens (tertiary/aromatic N) is 3. The first-order valence-electron chi connectivity index (χ1n) is 11.9. The molecule has 1 amide bonds. The number of carbonyl (C=O) groups is 1.